The smallest absolute Gasteiger partial charge is 0.291 e. The van der Waals surface area contributed by atoms with Gasteiger partial charge in [0, 0.05) is 34.6 Å². The normalized spacial score (nSPS) is 16.5. The maximum absolute atomic E-state index is 12.9. The van der Waals surface area contributed by atoms with Crippen LogP contribution in [0.4, 0.5) is 22.7 Å². The zero-order chi connectivity index (χ0) is 27.9. The van der Waals surface area contributed by atoms with Gasteiger partial charge in [-0.2, -0.15) is 0 Å². The van der Waals surface area contributed by atoms with Crippen LogP contribution in [-0.4, -0.2) is 23.6 Å². The highest BCUT2D eigenvalue weighted by atomic mass is 16.3. The summed E-state index contributed by atoms with van der Waals surface area (Å²) in [7, 11) is 0. The minimum Gasteiger partial charge on any atom is -0.459 e. The monoisotopic (exact) mass is 540 g/mol. The number of nitrogens with one attached hydrogen (secondary N) is 4. The molecule has 2 aromatic carbocycles. The second kappa shape index (κ2) is 12.2. The summed E-state index contributed by atoms with van der Waals surface area (Å²) < 4.78 is 10.2. The van der Waals surface area contributed by atoms with E-state index in [0.717, 1.165) is 0 Å². The molecule has 4 amide bonds. The Kier molecular flexibility index (Phi) is 8.05. The van der Waals surface area contributed by atoms with Crippen LogP contribution in [0.1, 0.15) is 46.8 Å². The summed E-state index contributed by atoms with van der Waals surface area (Å²) in [6.07, 6.45) is 5.17. The first-order chi connectivity index (χ1) is 19.4. The molecule has 0 bridgehead atoms. The van der Waals surface area contributed by atoms with Crippen molar-refractivity contribution in [2.75, 3.05) is 21.3 Å². The zero-order valence-electron chi connectivity index (χ0n) is 21.5. The van der Waals surface area contributed by atoms with Crippen molar-refractivity contribution in [3.05, 3.63) is 96.8 Å². The minimum atomic E-state index is -0.379. The Balaban J connectivity index is 1.10. The van der Waals surface area contributed by atoms with Crippen LogP contribution in [0, 0.1) is 11.8 Å². The molecule has 0 saturated heterocycles. The molecule has 0 unspecified atom stereocenters. The van der Waals surface area contributed by atoms with Crippen molar-refractivity contribution in [3.8, 4) is 0 Å². The Morgan fingerprint density at radius 3 is 1.25 bits per heavy atom. The minimum absolute atomic E-state index is 0.117. The topological polar surface area (TPSA) is 143 Å². The van der Waals surface area contributed by atoms with Crippen LogP contribution in [0.25, 0.3) is 0 Å². The SMILES string of the molecule is O=C(Nc1cccc(NC(=O)C2CCC(C(=O)Nc3cccc(NC(=O)c4ccco4)c3)CC2)c1)c1ccco1. The van der Waals surface area contributed by atoms with Gasteiger partial charge in [-0.25, -0.2) is 0 Å². The number of carbonyl (C=O) groups is 4. The number of anilines is 4. The number of carbonyl (C=O) groups excluding carboxylic acids is 4. The molecule has 4 aromatic rings. The summed E-state index contributed by atoms with van der Waals surface area (Å²) in [6.45, 7) is 0. The maximum atomic E-state index is 12.9. The van der Waals surface area contributed by atoms with E-state index in [1.54, 1.807) is 72.8 Å². The molecular formula is C30H28N4O6. The van der Waals surface area contributed by atoms with Crippen molar-refractivity contribution in [2.24, 2.45) is 11.8 Å². The summed E-state index contributed by atoms with van der Waals surface area (Å²) in [6, 6.07) is 20.2. The second-order valence-electron chi connectivity index (χ2n) is 9.55. The van der Waals surface area contributed by atoms with Crippen LogP contribution in [0.15, 0.2) is 94.2 Å². The third-order valence-corrected chi connectivity index (χ3v) is 6.73. The first kappa shape index (κ1) is 26.5. The number of hydrogen-bond donors (Lipinski definition) is 4. The van der Waals surface area contributed by atoms with Crippen LogP contribution in [0.3, 0.4) is 0 Å². The maximum Gasteiger partial charge on any atom is 0.291 e. The molecular weight excluding hydrogens is 512 g/mol. The Morgan fingerprint density at radius 1 is 0.525 bits per heavy atom. The van der Waals surface area contributed by atoms with E-state index < -0.39 is 0 Å². The van der Waals surface area contributed by atoms with Crippen molar-refractivity contribution >= 4 is 46.4 Å². The van der Waals surface area contributed by atoms with Crippen LogP contribution in [0.2, 0.25) is 0 Å². The van der Waals surface area contributed by atoms with Crippen molar-refractivity contribution in [1.82, 2.24) is 0 Å². The zero-order valence-corrected chi connectivity index (χ0v) is 21.5. The number of furan rings is 2. The van der Waals surface area contributed by atoms with E-state index in [4.69, 9.17) is 8.83 Å². The van der Waals surface area contributed by atoms with Gasteiger partial charge in [0.2, 0.25) is 11.8 Å². The Bertz CT molecular complexity index is 1370. The first-order valence-electron chi connectivity index (χ1n) is 13.0. The lowest BCUT2D eigenvalue weighted by Gasteiger charge is -2.27. The molecule has 5 rings (SSSR count). The molecule has 2 heterocycles. The molecule has 4 N–H and O–H groups in total. The van der Waals surface area contributed by atoms with Gasteiger partial charge in [0.1, 0.15) is 0 Å². The average molecular weight is 541 g/mol. The van der Waals surface area contributed by atoms with Gasteiger partial charge in [-0.05, 0) is 86.3 Å². The largest absolute Gasteiger partial charge is 0.459 e. The molecule has 10 nitrogen and oxygen atoms in total. The third-order valence-electron chi connectivity index (χ3n) is 6.73. The molecule has 40 heavy (non-hydrogen) atoms. The van der Waals surface area contributed by atoms with Gasteiger partial charge in [0.05, 0.1) is 12.5 Å². The average Bonchev–Trinajstić information content (AvgIpc) is 3.69. The van der Waals surface area contributed by atoms with E-state index in [1.165, 1.54) is 12.5 Å². The lowest BCUT2D eigenvalue weighted by Crippen LogP contribution is -2.32. The summed E-state index contributed by atoms with van der Waals surface area (Å²) in [5.41, 5.74) is 2.20. The molecule has 1 aliphatic carbocycles. The van der Waals surface area contributed by atoms with Gasteiger partial charge in [0.25, 0.3) is 11.8 Å². The fourth-order valence-electron chi connectivity index (χ4n) is 4.66. The van der Waals surface area contributed by atoms with Crippen molar-refractivity contribution in [1.29, 1.82) is 0 Å². The lowest BCUT2D eigenvalue weighted by molar-refractivity contribution is -0.125. The highest BCUT2D eigenvalue weighted by Crippen LogP contribution is 2.31. The molecule has 0 aliphatic heterocycles. The number of amides is 4. The lowest BCUT2D eigenvalue weighted by atomic mass is 9.81. The van der Waals surface area contributed by atoms with Gasteiger partial charge < -0.3 is 30.1 Å². The fraction of sp³-hybridized carbons (Fsp3) is 0.200. The molecule has 1 fully saturated rings. The Morgan fingerprint density at radius 2 is 0.900 bits per heavy atom. The van der Waals surface area contributed by atoms with E-state index in [9.17, 15) is 19.2 Å². The summed E-state index contributed by atoms with van der Waals surface area (Å²) in [5, 5.41) is 11.3. The predicted molar refractivity (Wildman–Crippen MR) is 149 cm³/mol. The van der Waals surface area contributed by atoms with Crippen LogP contribution in [-0.2, 0) is 9.59 Å². The first-order valence-corrected chi connectivity index (χ1v) is 13.0. The number of rotatable bonds is 8. The standard InChI is InChI=1S/C30H28N4O6/c35-27(31-21-5-1-7-23(17-21)33-29(37)25-9-3-15-39-25)19-11-13-20(14-12-19)28(36)32-22-6-2-8-24(18-22)34-30(38)26-10-4-16-40-26/h1-10,15-20H,11-14H2,(H,31,35)(H,32,36)(H,33,37)(H,34,38). The van der Waals surface area contributed by atoms with Crippen molar-refractivity contribution < 1.29 is 28.0 Å². The van der Waals surface area contributed by atoms with E-state index in [2.05, 4.69) is 21.3 Å². The number of hydrogen-bond acceptors (Lipinski definition) is 6. The molecule has 2 aromatic heterocycles. The summed E-state index contributed by atoms with van der Waals surface area (Å²) in [5.74, 6) is -1.04. The Hall–Kier alpha value is -5.12. The van der Waals surface area contributed by atoms with Crippen LogP contribution in [0.5, 0.6) is 0 Å². The molecule has 204 valence electrons. The van der Waals surface area contributed by atoms with E-state index in [1.807, 2.05) is 0 Å². The van der Waals surface area contributed by atoms with Crippen molar-refractivity contribution in [2.45, 2.75) is 25.7 Å². The highest BCUT2D eigenvalue weighted by molar-refractivity contribution is 6.03. The van der Waals surface area contributed by atoms with E-state index in [-0.39, 0.29) is 47.0 Å². The van der Waals surface area contributed by atoms with Gasteiger partial charge in [-0.3, -0.25) is 19.2 Å². The molecule has 1 saturated carbocycles. The molecule has 0 radical (unpaired) electrons. The second-order valence-corrected chi connectivity index (χ2v) is 9.55. The van der Waals surface area contributed by atoms with Gasteiger partial charge in [0.15, 0.2) is 11.5 Å². The Labute approximate surface area is 230 Å². The summed E-state index contributed by atoms with van der Waals surface area (Å²) in [4.78, 5) is 50.3. The summed E-state index contributed by atoms with van der Waals surface area (Å²) >= 11 is 0. The third kappa shape index (κ3) is 6.65. The number of benzene rings is 2. The van der Waals surface area contributed by atoms with Crippen LogP contribution >= 0.6 is 0 Å². The van der Waals surface area contributed by atoms with E-state index in [0.29, 0.717) is 48.4 Å². The van der Waals surface area contributed by atoms with Crippen molar-refractivity contribution in [3.63, 3.8) is 0 Å². The van der Waals surface area contributed by atoms with Gasteiger partial charge in [-0.1, -0.05) is 12.1 Å². The molecule has 0 spiro atoms. The van der Waals surface area contributed by atoms with Gasteiger partial charge >= 0.3 is 0 Å². The molecule has 1 aliphatic rings. The van der Waals surface area contributed by atoms with Gasteiger partial charge in [-0.15, -0.1) is 0 Å². The highest BCUT2D eigenvalue weighted by Gasteiger charge is 2.30. The molecule has 10 heteroatoms. The predicted octanol–water partition coefficient (Wildman–Crippen LogP) is 5.76. The fourth-order valence-corrected chi connectivity index (χ4v) is 4.66. The van der Waals surface area contributed by atoms with Crippen LogP contribution < -0.4 is 21.3 Å². The van der Waals surface area contributed by atoms with E-state index >= 15 is 0 Å². The molecule has 0 atom stereocenters. The quantitative estimate of drug-likeness (QED) is 0.224.